The Bertz CT molecular complexity index is 794. The van der Waals surface area contributed by atoms with Gasteiger partial charge < -0.3 is 15.0 Å². The van der Waals surface area contributed by atoms with Gasteiger partial charge in [0, 0.05) is 18.9 Å². The Morgan fingerprint density at radius 1 is 1.46 bits per heavy atom. The maximum Gasteiger partial charge on any atom is 0.282 e. The number of thiophene rings is 1. The van der Waals surface area contributed by atoms with E-state index in [1.54, 1.807) is 11.3 Å². The van der Waals surface area contributed by atoms with E-state index >= 15 is 0 Å². The maximum absolute atomic E-state index is 12.8. The largest absolute Gasteiger partial charge is 0.494 e. The van der Waals surface area contributed by atoms with E-state index in [0.717, 1.165) is 19.4 Å². The summed E-state index contributed by atoms with van der Waals surface area (Å²) >= 11 is 1.73. The van der Waals surface area contributed by atoms with Crippen molar-refractivity contribution in [2.45, 2.75) is 31.8 Å². The van der Waals surface area contributed by atoms with Crippen LogP contribution >= 0.6 is 11.3 Å². The summed E-state index contributed by atoms with van der Waals surface area (Å²) < 4.78 is 5.20. The Morgan fingerprint density at radius 3 is 2.92 bits per heavy atom. The number of benzene rings is 1. The van der Waals surface area contributed by atoms with E-state index in [1.807, 2.05) is 13.0 Å². The second-order valence-electron chi connectivity index (χ2n) is 6.39. The lowest BCUT2D eigenvalue weighted by Gasteiger charge is -2.26. The third-order valence-electron chi connectivity index (χ3n) is 4.90. The zero-order chi connectivity index (χ0) is 18.7. The number of carbonyl (C=O) groups is 1. The summed E-state index contributed by atoms with van der Waals surface area (Å²) in [6.07, 6.45) is 2.17. The summed E-state index contributed by atoms with van der Waals surface area (Å²) in [6, 6.07) is 8.47. The number of methoxy groups -OCH3 is 1. The van der Waals surface area contributed by atoms with Crippen LogP contribution in [0.4, 0.5) is 11.4 Å². The van der Waals surface area contributed by atoms with E-state index in [1.165, 1.54) is 35.1 Å². The van der Waals surface area contributed by atoms with Crippen LogP contribution in [-0.4, -0.2) is 30.5 Å². The molecule has 0 saturated carbocycles. The number of anilines is 1. The topological polar surface area (TPSA) is 85.9 Å². The number of likely N-dealkylation sites (tertiary alicyclic amines) is 1. The number of rotatable bonds is 6. The number of nitrogens with zero attached hydrogens (tertiary/aromatic N) is 1. The van der Waals surface area contributed by atoms with Gasteiger partial charge in [0.25, 0.3) is 11.6 Å². The first kappa shape index (κ1) is 18.3. The SMILES string of the molecule is COc1cc([N+](=O)[O-])ccc1NC(=O)[C@H](C)[NH+]1CCC[C@@H]1c1cccs1. The molecule has 2 N–H and O–H groups in total. The number of amides is 1. The summed E-state index contributed by atoms with van der Waals surface area (Å²) in [5.74, 6) is 0.168. The van der Waals surface area contributed by atoms with Crippen molar-refractivity contribution in [1.29, 1.82) is 0 Å². The second-order valence-corrected chi connectivity index (χ2v) is 7.37. The predicted octanol–water partition coefficient (Wildman–Crippen LogP) is 2.41. The lowest BCUT2D eigenvalue weighted by molar-refractivity contribution is -0.931. The molecule has 0 aliphatic carbocycles. The highest BCUT2D eigenvalue weighted by Gasteiger charge is 2.37. The number of hydrogen-bond acceptors (Lipinski definition) is 5. The molecule has 1 aromatic heterocycles. The highest BCUT2D eigenvalue weighted by molar-refractivity contribution is 7.10. The molecule has 1 aromatic carbocycles. The van der Waals surface area contributed by atoms with Crippen LogP contribution in [0.1, 0.15) is 30.7 Å². The lowest BCUT2D eigenvalue weighted by atomic mass is 10.1. The molecule has 0 radical (unpaired) electrons. The van der Waals surface area contributed by atoms with Gasteiger partial charge in [0.15, 0.2) is 6.04 Å². The first-order valence-electron chi connectivity index (χ1n) is 8.53. The van der Waals surface area contributed by atoms with Crippen molar-refractivity contribution in [1.82, 2.24) is 0 Å². The highest BCUT2D eigenvalue weighted by Crippen LogP contribution is 2.29. The molecule has 8 heteroatoms. The van der Waals surface area contributed by atoms with Gasteiger partial charge in [0.05, 0.1) is 35.2 Å². The van der Waals surface area contributed by atoms with Gasteiger partial charge in [0.1, 0.15) is 11.8 Å². The van der Waals surface area contributed by atoms with Crippen LogP contribution < -0.4 is 15.0 Å². The summed E-state index contributed by atoms with van der Waals surface area (Å²) in [7, 11) is 1.43. The average molecular weight is 376 g/mol. The van der Waals surface area contributed by atoms with E-state index in [0.29, 0.717) is 11.7 Å². The number of carbonyl (C=O) groups excluding carboxylic acids is 1. The summed E-state index contributed by atoms with van der Waals surface area (Å²) in [5, 5.41) is 15.8. The zero-order valence-corrected chi connectivity index (χ0v) is 15.5. The number of hydrogen-bond donors (Lipinski definition) is 2. The molecule has 0 bridgehead atoms. The van der Waals surface area contributed by atoms with Gasteiger partial charge in [-0.05, 0) is 24.4 Å². The van der Waals surface area contributed by atoms with E-state index in [2.05, 4.69) is 16.8 Å². The van der Waals surface area contributed by atoms with Gasteiger partial charge in [-0.2, -0.15) is 0 Å². The second kappa shape index (κ2) is 7.84. The Morgan fingerprint density at radius 2 is 2.27 bits per heavy atom. The molecule has 2 heterocycles. The summed E-state index contributed by atoms with van der Waals surface area (Å²) in [4.78, 5) is 25.8. The molecule has 138 valence electrons. The molecule has 1 unspecified atom stereocenters. The minimum Gasteiger partial charge on any atom is -0.494 e. The van der Waals surface area contributed by atoms with Crippen molar-refractivity contribution >= 4 is 28.6 Å². The van der Waals surface area contributed by atoms with Gasteiger partial charge >= 0.3 is 0 Å². The zero-order valence-electron chi connectivity index (χ0n) is 14.7. The molecular weight excluding hydrogens is 354 g/mol. The fourth-order valence-corrected chi connectivity index (χ4v) is 4.41. The number of non-ortho nitro benzene ring substituents is 1. The summed E-state index contributed by atoms with van der Waals surface area (Å²) in [5.41, 5.74) is 0.372. The minimum absolute atomic E-state index is 0.0733. The minimum atomic E-state index is -0.489. The Kier molecular flexibility index (Phi) is 5.53. The molecule has 1 fully saturated rings. The van der Waals surface area contributed by atoms with Crippen molar-refractivity contribution in [3.05, 3.63) is 50.7 Å². The molecule has 1 amide bonds. The van der Waals surface area contributed by atoms with E-state index in [4.69, 9.17) is 4.74 Å². The van der Waals surface area contributed by atoms with Gasteiger partial charge in [-0.3, -0.25) is 14.9 Å². The standard InChI is InChI=1S/C18H21N3O4S/c1-12(20-9-3-5-15(20)17-6-4-10-26-17)18(22)19-14-8-7-13(21(23)24)11-16(14)25-2/h4,6-8,10-12,15H,3,5,9H2,1-2H3,(H,19,22)/p+1/t12-,15+/m0/s1. The Labute approximate surface area is 155 Å². The van der Waals surface area contributed by atoms with Crippen molar-refractivity contribution in [2.24, 2.45) is 0 Å². The third-order valence-corrected chi connectivity index (χ3v) is 5.88. The number of nitro groups is 1. The molecule has 3 atom stereocenters. The molecule has 0 spiro atoms. The molecule has 1 aliphatic heterocycles. The molecule has 1 aliphatic rings. The first-order valence-corrected chi connectivity index (χ1v) is 9.41. The maximum atomic E-state index is 12.8. The van der Waals surface area contributed by atoms with E-state index in [-0.39, 0.29) is 23.4 Å². The van der Waals surface area contributed by atoms with Gasteiger partial charge in [-0.25, -0.2) is 0 Å². The van der Waals surface area contributed by atoms with Crippen LogP contribution in [0.15, 0.2) is 35.7 Å². The number of ether oxygens (including phenoxy) is 1. The van der Waals surface area contributed by atoms with Crippen molar-refractivity contribution in [3.8, 4) is 5.75 Å². The van der Waals surface area contributed by atoms with E-state index in [9.17, 15) is 14.9 Å². The van der Waals surface area contributed by atoms with Crippen molar-refractivity contribution in [2.75, 3.05) is 19.0 Å². The number of nitrogens with one attached hydrogen (secondary N) is 2. The van der Waals surface area contributed by atoms with Crippen LogP contribution in [-0.2, 0) is 4.79 Å². The van der Waals surface area contributed by atoms with Crippen LogP contribution in [0.3, 0.4) is 0 Å². The smallest absolute Gasteiger partial charge is 0.282 e. The molecule has 26 heavy (non-hydrogen) atoms. The van der Waals surface area contributed by atoms with Crippen molar-refractivity contribution in [3.63, 3.8) is 0 Å². The number of quaternary nitrogens is 1. The first-order chi connectivity index (χ1) is 12.5. The van der Waals surface area contributed by atoms with Crippen LogP contribution in [0.5, 0.6) is 5.75 Å². The van der Waals surface area contributed by atoms with Crippen LogP contribution in [0.2, 0.25) is 0 Å². The normalized spacial score (nSPS) is 20.5. The predicted molar refractivity (Wildman–Crippen MR) is 99.9 cm³/mol. The fourth-order valence-electron chi connectivity index (χ4n) is 3.51. The molecular formula is C18H22N3O4S+. The van der Waals surface area contributed by atoms with Gasteiger partial charge in [-0.15, -0.1) is 11.3 Å². The average Bonchev–Trinajstić information content (AvgIpc) is 3.32. The Balaban J connectivity index is 1.74. The van der Waals surface area contributed by atoms with Gasteiger partial charge in [-0.1, -0.05) is 6.07 Å². The fraction of sp³-hybridized carbons (Fsp3) is 0.389. The third kappa shape index (κ3) is 3.71. The molecule has 7 nitrogen and oxygen atoms in total. The van der Waals surface area contributed by atoms with Crippen molar-refractivity contribution < 1.29 is 19.4 Å². The molecule has 1 saturated heterocycles. The Hall–Kier alpha value is -2.45. The quantitative estimate of drug-likeness (QED) is 0.599. The molecule has 3 rings (SSSR count). The monoisotopic (exact) mass is 376 g/mol. The lowest BCUT2D eigenvalue weighted by Crippen LogP contribution is -3.15. The highest BCUT2D eigenvalue weighted by atomic mass is 32.1. The molecule has 2 aromatic rings. The van der Waals surface area contributed by atoms with Gasteiger partial charge in [0.2, 0.25) is 0 Å². The van der Waals surface area contributed by atoms with Crippen LogP contribution in [0, 0.1) is 10.1 Å². The van der Waals surface area contributed by atoms with E-state index < -0.39 is 4.92 Å². The van der Waals surface area contributed by atoms with Crippen LogP contribution in [0.25, 0.3) is 0 Å². The number of nitro benzene ring substituents is 1. The summed E-state index contributed by atoms with van der Waals surface area (Å²) in [6.45, 7) is 2.88.